The van der Waals surface area contributed by atoms with Gasteiger partial charge in [-0.05, 0) is 26.0 Å². The molecular formula is C17H24N6S. The second-order valence-electron chi connectivity index (χ2n) is 6.38. The smallest absolute Gasteiger partial charge is 0.194 e. The summed E-state index contributed by atoms with van der Waals surface area (Å²) >= 11 is 2.02. The number of rotatable bonds is 3. The molecule has 128 valence electrons. The van der Waals surface area contributed by atoms with Gasteiger partial charge in [0, 0.05) is 36.3 Å². The highest BCUT2D eigenvalue weighted by Crippen LogP contribution is 2.29. The molecule has 0 radical (unpaired) electrons. The average Bonchev–Trinajstić information content (AvgIpc) is 3.04. The number of nitrogens with zero attached hydrogens (tertiary/aromatic N) is 5. The molecule has 2 aromatic rings. The molecule has 0 spiro atoms. The van der Waals surface area contributed by atoms with Crippen LogP contribution < -0.4 is 5.32 Å². The molecule has 1 saturated heterocycles. The molecular weight excluding hydrogens is 320 g/mol. The Morgan fingerprint density at radius 1 is 1.33 bits per heavy atom. The summed E-state index contributed by atoms with van der Waals surface area (Å²) in [5.41, 5.74) is 1.06. The molecule has 3 rings (SSSR count). The normalized spacial score (nSPS) is 17.8. The zero-order chi connectivity index (χ0) is 17.0. The fourth-order valence-electron chi connectivity index (χ4n) is 2.87. The van der Waals surface area contributed by atoms with Crippen LogP contribution in [0.3, 0.4) is 0 Å². The molecule has 1 aromatic carbocycles. The first-order valence-corrected chi connectivity index (χ1v) is 9.11. The molecule has 0 bridgehead atoms. The molecule has 0 saturated carbocycles. The Morgan fingerprint density at radius 3 is 2.83 bits per heavy atom. The molecule has 1 fully saturated rings. The van der Waals surface area contributed by atoms with Gasteiger partial charge in [0.15, 0.2) is 11.8 Å². The van der Waals surface area contributed by atoms with Crippen molar-refractivity contribution in [2.75, 3.05) is 25.9 Å². The van der Waals surface area contributed by atoms with Gasteiger partial charge in [-0.15, -0.1) is 10.2 Å². The number of guanidine groups is 1. The van der Waals surface area contributed by atoms with Crippen LogP contribution in [0.15, 0.2) is 41.7 Å². The number of aromatic nitrogens is 3. The lowest BCUT2D eigenvalue weighted by molar-refractivity contribution is 0.375. The largest absolute Gasteiger partial charge is 0.349 e. The predicted molar refractivity (Wildman–Crippen MR) is 99.7 cm³/mol. The van der Waals surface area contributed by atoms with Crippen molar-refractivity contribution in [1.82, 2.24) is 25.0 Å². The summed E-state index contributed by atoms with van der Waals surface area (Å²) in [4.78, 5) is 6.76. The number of hydrogen-bond donors (Lipinski definition) is 1. The van der Waals surface area contributed by atoms with E-state index >= 15 is 0 Å². The van der Waals surface area contributed by atoms with Crippen molar-refractivity contribution in [2.24, 2.45) is 4.99 Å². The maximum atomic E-state index is 4.44. The molecule has 1 aliphatic heterocycles. The number of benzene rings is 1. The summed E-state index contributed by atoms with van der Waals surface area (Å²) in [6.07, 6.45) is 1.75. The van der Waals surface area contributed by atoms with Crippen LogP contribution in [0, 0.1) is 0 Å². The highest BCUT2D eigenvalue weighted by molar-refractivity contribution is 8.00. The SMILES string of the molecule is CN=C(NCc1nncn1-c1ccccc1)N1CCSC(C)(C)C1. The van der Waals surface area contributed by atoms with Crippen LogP contribution in [0.4, 0.5) is 0 Å². The number of para-hydroxylation sites is 1. The Kier molecular flexibility index (Phi) is 5.08. The van der Waals surface area contributed by atoms with Crippen LogP contribution >= 0.6 is 11.8 Å². The Bertz CT molecular complexity index is 694. The minimum atomic E-state index is 0.250. The second-order valence-corrected chi connectivity index (χ2v) is 8.19. The first-order valence-electron chi connectivity index (χ1n) is 8.13. The van der Waals surface area contributed by atoms with Crippen LogP contribution in [-0.2, 0) is 6.54 Å². The van der Waals surface area contributed by atoms with Gasteiger partial charge in [-0.1, -0.05) is 18.2 Å². The van der Waals surface area contributed by atoms with E-state index in [2.05, 4.69) is 39.3 Å². The molecule has 7 heteroatoms. The second kappa shape index (κ2) is 7.25. The van der Waals surface area contributed by atoms with Crippen LogP contribution in [0.5, 0.6) is 0 Å². The quantitative estimate of drug-likeness (QED) is 0.683. The summed E-state index contributed by atoms with van der Waals surface area (Å²) in [5.74, 6) is 2.91. The minimum Gasteiger partial charge on any atom is -0.349 e. The van der Waals surface area contributed by atoms with Crippen molar-refractivity contribution in [3.05, 3.63) is 42.5 Å². The van der Waals surface area contributed by atoms with Crippen molar-refractivity contribution in [3.63, 3.8) is 0 Å². The Hall–Kier alpha value is -2.02. The molecule has 24 heavy (non-hydrogen) atoms. The van der Waals surface area contributed by atoms with Gasteiger partial charge >= 0.3 is 0 Å². The summed E-state index contributed by atoms with van der Waals surface area (Å²) in [7, 11) is 1.83. The molecule has 2 heterocycles. The molecule has 1 aromatic heterocycles. The maximum absolute atomic E-state index is 4.44. The fraction of sp³-hybridized carbons (Fsp3) is 0.471. The highest BCUT2D eigenvalue weighted by Gasteiger charge is 2.28. The van der Waals surface area contributed by atoms with E-state index in [0.29, 0.717) is 6.54 Å². The van der Waals surface area contributed by atoms with E-state index in [-0.39, 0.29) is 4.75 Å². The third-order valence-electron chi connectivity index (χ3n) is 3.99. The zero-order valence-corrected chi connectivity index (χ0v) is 15.3. The first kappa shape index (κ1) is 16.8. The van der Waals surface area contributed by atoms with E-state index in [4.69, 9.17) is 0 Å². The molecule has 0 unspecified atom stereocenters. The van der Waals surface area contributed by atoms with Gasteiger partial charge in [-0.25, -0.2) is 0 Å². The highest BCUT2D eigenvalue weighted by atomic mass is 32.2. The van der Waals surface area contributed by atoms with Crippen LogP contribution in [-0.4, -0.2) is 56.3 Å². The zero-order valence-electron chi connectivity index (χ0n) is 14.4. The van der Waals surface area contributed by atoms with Gasteiger partial charge in [0.25, 0.3) is 0 Å². The lowest BCUT2D eigenvalue weighted by Crippen LogP contribution is -2.50. The Balaban J connectivity index is 1.68. The van der Waals surface area contributed by atoms with Gasteiger partial charge in [0.2, 0.25) is 0 Å². The minimum absolute atomic E-state index is 0.250. The van der Waals surface area contributed by atoms with E-state index in [1.54, 1.807) is 6.33 Å². The lowest BCUT2D eigenvalue weighted by atomic mass is 10.2. The molecule has 6 nitrogen and oxygen atoms in total. The van der Waals surface area contributed by atoms with Gasteiger partial charge in [-0.2, -0.15) is 11.8 Å². The van der Waals surface area contributed by atoms with Crippen molar-refractivity contribution in [2.45, 2.75) is 25.1 Å². The monoisotopic (exact) mass is 344 g/mol. The van der Waals surface area contributed by atoms with E-state index < -0.39 is 0 Å². The van der Waals surface area contributed by atoms with Gasteiger partial charge < -0.3 is 10.2 Å². The van der Waals surface area contributed by atoms with Gasteiger partial charge in [0.05, 0.1) is 6.54 Å². The molecule has 0 atom stereocenters. The van der Waals surface area contributed by atoms with Gasteiger partial charge in [-0.3, -0.25) is 9.56 Å². The maximum Gasteiger partial charge on any atom is 0.194 e. The Morgan fingerprint density at radius 2 is 2.12 bits per heavy atom. The van der Waals surface area contributed by atoms with E-state index in [1.807, 2.05) is 53.7 Å². The first-order chi connectivity index (χ1) is 11.6. The van der Waals surface area contributed by atoms with Crippen LogP contribution in [0.25, 0.3) is 5.69 Å². The lowest BCUT2D eigenvalue weighted by Gasteiger charge is -2.39. The predicted octanol–water partition coefficient (Wildman–Crippen LogP) is 2.17. The third-order valence-corrected chi connectivity index (χ3v) is 5.29. The fourth-order valence-corrected chi connectivity index (χ4v) is 3.98. The third kappa shape index (κ3) is 3.90. The summed E-state index contributed by atoms with van der Waals surface area (Å²) < 4.78 is 2.25. The standard InChI is InChI=1S/C17H24N6S/c1-17(2)12-22(9-10-24-17)16(18-3)19-11-15-21-20-13-23(15)14-7-5-4-6-8-14/h4-8,13H,9-12H2,1-3H3,(H,18,19). The molecule has 0 aliphatic carbocycles. The summed E-state index contributed by atoms with van der Waals surface area (Å²) in [5, 5.41) is 11.7. The van der Waals surface area contributed by atoms with E-state index in [0.717, 1.165) is 36.3 Å². The summed E-state index contributed by atoms with van der Waals surface area (Å²) in [6.45, 7) is 7.15. The van der Waals surface area contributed by atoms with Crippen molar-refractivity contribution in [3.8, 4) is 5.69 Å². The van der Waals surface area contributed by atoms with E-state index in [9.17, 15) is 0 Å². The number of thioether (sulfide) groups is 1. The molecule has 0 amide bonds. The van der Waals surface area contributed by atoms with Crippen LogP contribution in [0.2, 0.25) is 0 Å². The van der Waals surface area contributed by atoms with Crippen molar-refractivity contribution < 1.29 is 0 Å². The molecule has 1 N–H and O–H groups in total. The average molecular weight is 344 g/mol. The van der Waals surface area contributed by atoms with E-state index in [1.165, 1.54) is 0 Å². The number of nitrogens with one attached hydrogen (secondary N) is 1. The Labute approximate surface area is 147 Å². The van der Waals surface area contributed by atoms with Crippen molar-refractivity contribution >= 4 is 17.7 Å². The van der Waals surface area contributed by atoms with Crippen LogP contribution in [0.1, 0.15) is 19.7 Å². The number of hydrogen-bond acceptors (Lipinski definition) is 4. The topological polar surface area (TPSA) is 58.3 Å². The molecule has 1 aliphatic rings. The summed E-state index contributed by atoms with van der Waals surface area (Å²) in [6, 6.07) is 10.1. The van der Waals surface area contributed by atoms with Gasteiger partial charge in [0.1, 0.15) is 6.33 Å². The number of aliphatic imine (C=N–C) groups is 1. The van der Waals surface area contributed by atoms with Crippen molar-refractivity contribution in [1.29, 1.82) is 0 Å².